The zero-order valence-electron chi connectivity index (χ0n) is 13.6. The summed E-state index contributed by atoms with van der Waals surface area (Å²) in [5.41, 5.74) is 5.67. The number of ether oxygens (including phenoxy) is 1. The minimum atomic E-state index is -0.585. The third-order valence-corrected chi connectivity index (χ3v) is 4.12. The number of nitrogens with zero attached hydrogens (tertiary/aromatic N) is 1. The molecule has 0 aliphatic heterocycles. The molecule has 0 bridgehead atoms. The number of halogens is 1. The second-order valence-electron chi connectivity index (χ2n) is 5.14. The number of nitrogens with one attached hydrogen (secondary N) is 1. The maximum atomic E-state index is 12.3. The van der Waals surface area contributed by atoms with Crippen LogP contribution < -0.4 is 15.8 Å². The molecule has 0 aliphatic carbocycles. The summed E-state index contributed by atoms with van der Waals surface area (Å²) in [6.45, 7) is 4.34. The fraction of sp³-hybridized carbons (Fsp3) is 0.533. The van der Waals surface area contributed by atoms with E-state index >= 15 is 0 Å². The summed E-state index contributed by atoms with van der Waals surface area (Å²) < 4.78 is 4.95. The molecule has 0 atom stereocenters. The number of nitro benzene ring substituents is 1. The molecule has 0 aliphatic rings. The standard InChI is InChI=1S/C15H23N3O4.ClH/c1-4-15(5-2,10-16)14(19)17-9-11-6-7-13(22-3)12(8-11)18(20)21;/h6-8H,4-5,9-10,16H2,1-3H3,(H,17,19);1H. The molecule has 1 amide bonds. The van der Waals surface area contributed by atoms with Crippen molar-refractivity contribution in [1.82, 2.24) is 5.32 Å². The van der Waals surface area contributed by atoms with Crippen LogP contribution in [0.5, 0.6) is 5.75 Å². The normalized spacial score (nSPS) is 10.6. The average molecular weight is 346 g/mol. The summed E-state index contributed by atoms with van der Waals surface area (Å²) in [7, 11) is 1.38. The van der Waals surface area contributed by atoms with Crippen molar-refractivity contribution in [2.75, 3.05) is 13.7 Å². The summed E-state index contributed by atoms with van der Waals surface area (Å²) in [5, 5.41) is 13.8. The van der Waals surface area contributed by atoms with Gasteiger partial charge in [-0.25, -0.2) is 0 Å². The molecule has 8 heteroatoms. The van der Waals surface area contributed by atoms with E-state index in [0.717, 1.165) is 0 Å². The van der Waals surface area contributed by atoms with Gasteiger partial charge in [0.2, 0.25) is 5.91 Å². The maximum Gasteiger partial charge on any atom is 0.311 e. The largest absolute Gasteiger partial charge is 0.490 e. The number of amides is 1. The predicted molar refractivity (Wildman–Crippen MR) is 90.8 cm³/mol. The van der Waals surface area contributed by atoms with E-state index in [0.29, 0.717) is 18.4 Å². The summed E-state index contributed by atoms with van der Waals surface area (Å²) in [6, 6.07) is 4.62. The smallest absolute Gasteiger partial charge is 0.311 e. The fourth-order valence-corrected chi connectivity index (χ4v) is 2.31. The number of hydrogen-bond donors (Lipinski definition) is 2. The Kier molecular flexibility index (Phi) is 8.56. The summed E-state index contributed by atoms with van der Waals surface area (Å²) in [6.07, 6.45) is 1.29. The molecule has 1 rings (SSSR count). The van der Waals surface area contributed by atoms with Crippen LogP contribution in [-0.4, -0.2) is 24.5 Å². The van der Waals surface area contributed by atoms with Gasteiger partial charge in [0.25, 0.3) is 0 Å². The maximum absolute atomic E-state index is 12.3. The molecule has 0 fully saturated rings. The molecule has 7 nitrogen and oxygen atoms in total. The molecule has 0 saturated carbocycles. The van der Waals surface area contributed by atoms with Crippen molar-refractivity contribution >= 4 is 24.0 Å². The Morgan fingerprint density at radius 2 is 2.00 bits per heavy atom. The predicted octanol–water partition coefficient (Wildman–Crippen LogP) is 2.41. The van der Waals surface area contributed by atoms with E-state index in [4.69, 9.17) is 10.5 Å². The molecule has 1 aromatic rings. The van der Waals surface area contributed by atoms with Crippen molar-refractivity contribution in [1.29, 1.82) is 0 Å². The number of carbonyl (C=O) groups excluding carboxylic acids is 1. The highest BCUT2D eigenvalue weighted by Gasteiger charge is 2.33. The molecule has 0 spiro atoms. The highest BCUT2D eigenvalue weighted by molar-refractivity contribution is 5.85. The van der Waals surface area contributed by atoms with Crippen molar-refractivity contribution in [3.05, 3.63) is 33.9 Å². The summed E-state index contributed by atoms with van der Waals surface area (Å²) in [5.74, 6) is 0.0666. The second-order valence-corrected chi connectivity index (χ2v) is 5.14. The average Bonchev–Trinajstić information content (AvgIpc) is 2.54. The first-order valence-corrected chi connectivity index (χ1v) is 7.23. The molecule has 0 saturated heterocycles. The lowest BCUT2D eigenvalue weighted by Crippen LogP contribution is -2.45. The minimum absolute atomic E-state index is 0. The van der Waals surface area contributed by atoms with Gasteiger partial charge >= 0.3 is 5.69 Å². The molecule has 0 radical (unpaired) electrons. The number of carbonyl (C=O) groups is 1. The van der Waals surface area contributed by atoms with Gasteiger partial charge in [-0.3, -0.25) is 14.9 Å². The zero-order valence-corrected chi connectivity index (χ0v) is 14.4. The van der Waals surface area contributed by atoms with Crippen molar-refractivity contribution in [3.63, 3.8) is 0 Å². The Labute approximate surface area is 142 Å². The molecule has 130 valence electrons. The van der Waals surface area contributed by atoms with Gasteiger partial charge in [-0.05, 0) is 24.5 Å². The first-order valence-electron chi connectivity index (χ1n) is 7.23. The quantitative estimate of drug-likeness (QED) is 0.555. The highest BCUT2D eigenvalue weighted by Crippen LogP contribution is 2.28. The lowest BCUT2D eigenvalue weighted by molar-refractivity contribution is -0.385. The number of methoxy groups -OCH3 is 1. The molecule has 0 heterocycles. The van der Waals surface area contributed by atoms with Gasteiger partial charge in [-0.1, -0.05) is 19.9 Å². The molecule has 1 aromatic carbocycles. The Hall–Kier alpha value is -1.86. The van der Waals surface area contributed by atoms with Gasteiger partial charge in [0, 0.05) is 19.2 Å². The van der Waals surface area contributed by atoms with Crippen molar-refractivity contribution in [2.24, 2.45) is 11.1 Å². The Bertz CT molecular complexity index is 539. The van der Waals surface area contributed by atoms with Crippen molar-refractivity contribution in [3.8, 4) is 5.75 Å². The topological polar surface area (TPSA) is 107 Å². The number of benzene rings is 1. The molecular formula is C15H24ClN3O4. The van der Waals surface area contributed by atoms with Gasteiger partial charge < -0.3 is 15.8 Å². The van der Waals surface area contributed by atoms with Crippen LogP contribution in [0.1, 0.15) is 32.3 Å². The minimum Gasteiger partial charge on any atom is -0.490 e. The van der Waals surface area contributed by atoms with Crippen LogP contribution in [0.3, 0.4) is 0 Å². The van der Waals surface area contributed by atoms with Gasteiger partial charge in [-0.15, -0.1) is 12.4 Å². The highest BCUT2D eigenvalue weighted by atomic mass is 35.5. The van der Waals surface area contributed by atoms with E-state index in [1.54, 1.807) is 6.07 Å². The summed E-state index contributed by atoms with van der Waals surface area (Å²) in [4.78, 5) is 22.8. The van der Waals surface area contributed by atoms with E-state index in [2.05, 4.69) is 5.32 Å². The van der Waals surface area contributed by atoms with Gasteiger partial charge in [-0.2, -0.15) is 0 Å². The molecule has 0 aromatic heterocycles. The van der Waals surface area contributed by atoms with E-state index in [9.17, 15) is 14.9 Å². The zero-order chi connectivity index (χ0) is 16.8. The summed E-state index contributed by atoms with van der Waals surface area (Å²) >= 11 is 0. The number of nitro groups is 1. The second kappa shape index (κ2) is 9.32. The van der Waals surface area contributed by atoms with Crippen LogP contribution in [0, 0.1) is 15.5 Å². The SMILES string of the molecule is CCC(CC)(CN)C(=O)NCc1ccc(OC)c([N+](=O)[O-])c1.Cl. The Morgan fingerprint density at radius 1 is 1.39 bits per heavy atom. The third-order valence-electron chi connectivity index (χ3n) is 4.12. The van der Waals surface area contributed by atoms with Crippen LogP contribution in [0.15, 0.2) is 18.2 Å². The van der Waals surface area contributed by atoms with Crippen LogP contribution in [0.4, 0.5) is 5.69 Å². The first kappa shape index (κ1) is 21.1. The lowest BCUT2D eigenvalue weighted by atomic mass is 9.81. The van der Waals surface area contributed by atoms with E-state index < -0.39 is 10.3 Å². The Morgan fingerprint density at radius 3 is 2.43 bits per heavy atom. The molecule has 0 unspecified atom stereocenters. The van der Waals surface area contributed by atoms with Gasteiger partial charge in [0.1, 0.15) is 0 Å². The molecular weight excluding hydrogens is 322 g/mol. The van der Waals surface area contributed by atoms with Gasteiger partial charge in [0.15, 0.2) is 5.75 Å². The molecule has 23 heavy (non-hydrogen) atoms. The Balaban J connectivity index is 0.00000484. The monoisotopic (exact) mass is 345 g/mol. The first-order chi connectivity index (χ1) is 10.4. The van der Waals surface area contributed by atoms with Gasteiger partial charge in [0.05, 0.1) is 17.4 Å². The molecule has 3 N–H and O–H groups in total. The van der Waals surface area contributed by atoms with Crippen molar-refractivity contribution in [2.45, 2.75) is 33.2 Å². The van der Waals surface area contributed by atoms with E-state index in [-0.39, 0.29) is 42.8 Å². The van der Waals surface area contributed by atoms with Crippen molar-refractivity contribution < 1.29 is 14.5 Å². The van der Waals surface area contributed by atoms with Crippen LogP contribution >= 0.6 is 12.4 Å². The third kappa shape index (κ3) is 4.80. The number of hydrogen-bond acceptors (Lipinski definition) is 5. The van der Waals surface area contributed by atoms with E-state index in [1.807, 2.05) is 13.8 Å². The number of rotatable bonds is 8. The van der Waals surface area contributed by atoms with Crippen LogP contribution in [0.2, 0.25) is 0 Å². The van der Waals surface area contributed by atoms with Crippen LogP contribution in [0.25, 0.3) is 0 Å². The lowest BCUT2D eigenvalue weighted by Gasteiger charge is -2.28. The fourth-order valence-electron chi connectivity index (χ4n) is 2.31. The van der Waals surface area contributed by atoms with E-state index in [1.165, 1.54) is 19.2 Å². The van der Waals surface area contributed by atoms with Crippen LogP contribution in [-0.2, 0) is 11.3 Å². The number of nitrogens with two attached hydrogens (primary N) is 1.